The summed E-state index contributed by atoms with van der Waals surface area (Å²) in [5.41, 5.74) is 1.28. The molecule has 0 aromatic heterocycles. The predicted molar refractivity (Wildman–Crippen MR) is 94.8 cm³/mol. The van der Waals surface area contributed by atoms with E-state index in [4.69, 9.17) is 4.74 Å². The summed E-state index contributed by atoms with van der Waals surface area (Å²) < 4.78 is 27.2. The van der Waals surface area contributed by atoms with Crippen molar-refractivity contribution in [3.05, 3.63) is 35.9 Å². The van der Waals surface area contributed by atoms with Gasteiger partial charge in [-0.05, 0) is 11.5 Å². The van der Waals surface area contributed by atoms with Gasteiger partial charge in [0.15, 0.2) is 5.96 Å². The summed E-state index contributed by atoms with van der Waals surface area (Å²) in [5.74, 6) is 1.13. The van der Waals surface area contributed by atoms with E-state index in [1.165, 1.54) is 11.8 Å². The number of sulfone groups is 1. The molecule has 130 valence electrons. The molecule has 0 aliphatic carbocycles. The monoisotopic (exact) mass is 341 g/mol. The lowest BCUT2D eigenvalue weighted by Gasteiger charge is -2.16. The van der Waals surface area contributed by atoms with Crippen LogP contribution in [0.25, 0.3) is 0 Å². The maximum atomic E-state index is 11.0. The molecule has 0 aliphatic rings. The number of benzene rings is 1. The Hall–Kier alpha value is -1.60. The number of hydrogen-bond donors (Lipinski definition) is 2. The highest BCUT2D eigenvalue weighted by Crippen LogP contribution is 2.12. The van der Waals surface area contributed by atoms with E-state index in [0.717, 1.165) is 6.54 Å². The minimum Gasteiger partial charge on any atom is -0.379 e. The van der Waals surface area contributed by atoms with Crippen molar-refractivity contribution >= 4 is 15.8 Å². The average Bonchev–Trinajstić information content (AvgIpc) is 2.53. The first-order chi connectivity index (χ1) is 10.9. The predicted octanol–water partition coefficient (Wildman–Crippen LogP) is 1.02. The van der Waals surface area contributed by atoms with Crippen LogP contribution in [0.2, 0.25) is 0 Å². The molecule has 1 aromatic rings. The Kier molecular flexibility index (Phi) is 8.65. The molecule has 6 nitrogen and oxygen atoms in total. The zero-order valence-electron chi connectivity index (χ0n) is 14.1. The fourth-order valence-corrected chi connectivity index (χ4v) is 2.34. The van der Waals surface area contributed by atoms with Gasteiger partial charge in [-0.25, -0.2) is 8.42 Å². The third kappa shape index (κ3) is 9.20. The number of guanidine groups is 1. The van der Waals surface area contributed by atoms with Crippen LogP contribution < -0.4 is 10.6 Å². The Morgan fingerprint density at radius 3 is 2.52 bits per heavy atom. The second-order valence-corrected chi connectivity index (χ2v) is 7.69. The summed E-state index contributed by atoms with van der Waals surface area (Å²) in [6.45, 7) is 4.16. The topological polar surface area (TPSA) is 79.8 Å². The molecule has 0 amide bonds. The lowest BCUT2D eigenvalue weighted by molar-refractivity contribution is 0.154. The fourth-order valence-electron chi connectivity index (χ4n) is 1.92. The van der Waals surface area contributed by atoms with Crippen LogP contribution in [0.15, 0.2) is 35.3 Å². The Morgan fingerprint density at radius 2 is 1.91 bits per heavy atom. The molecule has 1 atom stereocenters. The first-order valence-electron chi connectivity index (χ1n) is 7.67. The zero-order valence-corrected chi connectivity index (χ0v) is 14.9. The van der Waals surface area contributed by atoms with Crippen LogP contribution in [0.1, 0.15) is 18.4 Å². The Labute approximate surface area is 139 Å². The summed E-state index contributed by atoms with van der Waals surface area (Å²) in [5, 5.41) is 6.41. The van der Waals surface area contributed by atoms with Gasteiger partial charge in [0.05, 0.1) is 19.0 Å². The summed E-state index contributed by atoms with van der Waals surface area (Å²) in [6, 6.07) is 10.3. The van der Waals surface area contributed by atoms with Crippen LogP contribution in [0.5, 0.6) is 0 Å². The maximum Gasteiger partial charge on any atom is 0.191 e. The van der Waals surface area contributed by atoms with Gasteiger partial charge >= 0.3 is 0 Å². The molecule has 0 fully saturated rings. The number of rotatable bonds is 9. The van der Waals surface area contributed by atoms with Crippen molar-refractivity contribution in [1.29, 1.82) is 0 Å². The lowest BCUT2D eigenvalue weighted by atomic mass is 10.0. The van der Waals surface area contributed by atoms with Crippen molar-refractivity contribution in [2.24, 2.45) is 4.99 Å². The Bertz CT molecular complexity index is 573. The van der Waals surface area contributed by atoms with Crippen LogP contribution in [-0.4, -0.2) is 59.7 Å². The van der Waals surface area contributed by atoms with E-state index in [1.807, 2.05) is 18.2 Å². The van der Waals surface area contributed by atoms with Gasteiger partial charge in [0.2, 0.25) is 0 Å². The van der Waals surface area contributed by atoms with Gasteiger partial charge in [-0.1, -0.05) is 37.3 Å². The van der Waals surface area contributed by atoms with Crippen LogP contribution >= 0.6 is 0 Å². The first kappa shape index (κ1) is 19.4. The van der Waals surface area contributed by atoms with Gasteiger partial charge in [-0.3, -0.25) is 4.99 Å². The van der Waals surface area contributed by atoms with E-state index in [-0.39, 0.29) is 12.4 Å². The minimum absolute atomic E-state index is 0.0502. The standard InChI is InChI=1S/C16H27N3O3S/c1-14(15-7-5-4-6-8-15)13-19-16(17-2)18-9-10-22-11-12-23(3,20)21/h4-8,14H,9-13H2,1-3H3,(H2,17,18,19). The molecular weight excluding hydrogens is 314 g/mol. The second-order valence-electron chi connectivity index (χ2n) is 5.43. The summed E-state index contributed by atoms with van der Waals surface area (Å²) in [6.07, 6.45) is 1.20. The molecule has 1 aromatic carbocycles. The summed E-state index contributed by atoms with van der Waals surface area (Å²) >= 11 is 0. The van der Waals surface area contributed by atoms with Crippen molar-refractivity contribution in [1.82, 2.24) is 10.6 Å². The number of hydrogen-bond acceptors (Lipinski definition) is 4. The molecular formula is C16H27N3O3S. The van der Waals surface area contributed by atoms with Crippen molar-refractivity contribution < 1.29 is 13.2 Å². The quantitative estimate of drug-likeness (QED) is 0.398. The van der Waals surface area contributed by atoms with Gasteiger partial charge in [0, 0.05) is 26.4 Å². The van der Waals surface area contributed by atoms with Crippen LogP contribution in [0.3, 0.4) is 0 Å². The van der Waals surface area contributed by atoms with Crippen LogP contribution in [-0.2, 0) is 14.6 Å². The smallest absolute Gasteiger partial charge is 0.191 e. The van der Waals surface area contributed by atoms with Crippen molar-refractivity contribution in [3.63, 3.8) is 0 Å². The van der Waals surface area contributed by atoms with E-state index in [1.54, 1.807) is 7.05 Å². The zero-order chi connectivity index (χ0) is 17.1. The van der Waals surface area contributed by atoms with E-state index in [2.05, 4.69) is 34.7 Å². The number of nitrogens with zero attached hydrogens (tertiary/aromatic N) is 1. The van der Waals surface area contributed by atoms with Gasteiger partial charge < -0.3 is 15.4 Å². The highest BCUT2D eigenvalue weighted by atomic mass is 32.2. The molecule has 0 spiro atoms. The molecule has 2 N–H and O–H groups in total. The lowest BCUT2D eigenvalue weighted by Crippen LogP contribution is -2.40. The molecule has 23 heavy (non-hydrogen) atoms. The van der Waals surface area contributed by atoms with E-state index in [9.17, 15) is 8.42 Å². The maximum absolute atomic E-state index is 11.0. The van der Waals surface area contributed by atoms with Gasteiger partial charge in [0.1, 0.15) is 9.84 Å². The van der Waals surface area contributed by atoms with E-state index < -0.39 is 9.84 Å². The largest absolute Gasteiger partial charge is 0.379 e. The number of nitrogens with one attached hydrogen (secondary N) is 2. The normalized spacial score (nSPS) is 13.6. The van der Waals surface area contributed by atoms with Crippen LogP contribution in [0.4, 0.5) is 0 Å². The fraction of sp³-hybridized carbons (Fsp3) is 0.562. The van der Waals surface area contributed by atoms with E-state index >= 15 is 0 Å². The Morgan fingerprint density at radius 1 is 1.22 bits per heavy atom. The second kappa shape index (κ2) is 10.2. The van der Waals surface area contributed by atoms with Gasteiger partial charge in [-0.2, -0.15) is 0 Å². The molecule has 0 heterocycles. The number of aliphatic imine (C=N–C) groups is 1. The van der Waals surface area contributed by atoms with E-state index in [0.29, 0.717) is 25.0 Å². The van der Waals surface area contributed by atoms with Crippen molar-refractivity contribution in [3.8, 4) is 0 Å². The number of ether oxygens (including phenoxy) is 1. The molecule has 0 saturated heterocycles. The average molecular weight is 341 g/mol. The van der Waals surface area contributed by atoms with Crippen molar-refractivity contribution in [2.75, 3.05) is 45.4 Å². The first-order valence-corrected chi connectivity index (χ1v) is 9.73. The van der Waals surface area contributed by atoms with Gasteiger partial charge in [0.25, 0.3) is 0 Å². The SMILES string of the molecule is CN=C(NCCOCCS(C)(=O)=O)NCC(C)c1ccccc1. The third-order valence-corrected chi connectivity index (χ3v) is 4.21. The molecule has 1 unspecified atom stereocenters. The molecule has 0 radical (unpaired) electrons. The Balaban J connectivity index is 2.20. The summed E-state index contributed by atoms with van der Waals surface area (Å²) in [4.78, 5) is 4.15. The van der Waals surface area contributed by atoms with Crippen molar-refractivity contribution in [2.45, 2.75) is 12.8 Å². The van der Waals surface area contributed by atoms with Gasteiger partial charge in [-0.15, -0.1) is 0 Å². The summed E-state index contributed by atoms with van der Waals surface area (Å²) in [7, 11) is -1.24. The highest BCUT2D eigenvalue weighted by molar-refractivity contribution is 7.90. The molecule has 1 rings (SSSR count). The van der Waals surface area contributed by atoms with Crippen LogP contribution in [0, 0.1) is 0 Å². The highest BCUT2D eigenvalue weighted by Gasteiger charge is 2.06. The minimum atomic E-state index is -2.96. The third-order valence-electron chi connectivity index (χ3n) is 3.31. The molecule has 0 bridgehead atoms. The molecule has 0 saturated carbocycles. The molecule has 0 aliphatic heterocycles. The molecule has 7 heteroatoms.